The van der Waals surface area contributed by atoms with Gasteiger partial charge in [-0.15, -0.1) is 0 Å². The van der Waals surface area contributed by atoms with Gasteiger partial charge >= 0.3 is 0 Å². The van der Waals surface area contributed by atoms with Gasteiger partial charge in [0, 0.05) is 31.8 Å². The van der Waals surface area contributed by atoms with Gasteiger partial charge in [0.15, 0.2) is 5.60 Å². The summed E-state index contributed by atoms with van der Waals surface area (Å²) < 4.78 is 29.5. The van der Waals surface area contributed by atoms with E-state index in [9.17, 15) is 23.8 Å². The summed E-state index contributed by atoms with van der Waals surface area (Å²) >= 11 is 0. The second-order valence-corrected chi connectivity index (χ2v) is 8.57. The Hall–Kier alpha value is -3.36. The van der Waals surface area contributed by atoms with Gasteiger partial charge in [-0.05, 0) is 17.7 Å². The highest BCUT2D eigenvalue weighted by Gasteiger charge is 2.68. The molecule has 2 aliphatic rings. The molecule has 5 rings (SSSR count). The predicted octanol–water partition coefficient (Wildman–Crippen LogP) is 3.52. The minimum atomic E-state index is -2.34. The molecule has 5 unspecified atom stereocenters. The fraction of sp³-hybridized carbons (Fsp3) is 0.308. The van der Waals surface area contributed by atoms with Gasteiger partial charge in [-0.2, -0.15) is 0 Å². The Kier molecular flexibility index (Phi) is 6.63. The third-order valence-corrected chi connectivity index (χ3v) is 6.30. The standard InChI is InChI=1S/C19H20N2O4.C7H6F2/c1-21(2)18(23)14-13(11-7-4-3-5-8-11)17-19(24,16(14)22)15-12(25-17)9-6-10-20-15;8-7(9)6-4-2-1-3-5-6/h3-10,13-14,16-17,22,24H,1-2H3;1-5,7H. The summed E-state index contributed by atoms with van der Waals surface area (Å²) in [5, 5.41) is 22.4. The number of pyridine rings is 1. The highest BCUT2D eigenvalue weighted by atomic mass is 19.3. The lowest BCUT2D eigenvalue weighted by atomic mass is 9.86. The van der Waals surface area contributed by atoms with Crippen LogP contribution in [0.4, 0.5) is 8.78 Å². The van der Waals surface area contributed by atoms with E-state index in [1.807, 2.05) is 30.3 Å². The van der Waals surface area contributed by atoms with Gasteiger partial charge in [0.1, 0.15) is 23.7 Å². The van der Waals surface area contributed by atoms with Gasteiger partial charge < -0.3 is 19.8 Å². The van der Waals surface area contributed by atoms with E-state index in [0.717, 1.165) is 5.56 Å². The monoisotopic (exact) mass is 468 g/mol. The van der Waals surface area contributed by atoms with Crippen LogP contribution in [0.1, 0.15) is 29.2 Å². The van der Waals surface area contributed by atoms with E-state index >= 15 is 0 Å². The number of aliphatic hydroxyl groups excluding tert-OH is 1. The molecule has 0 radical (unpaired) electrons. The lowest BCUT2D eigenvalue weighted by Gasteiger charge is -2.27. The maximum atomic E-state index is 12.8. The number of amides is 1. The van der Waals surface area contributed by atoms with Crippen molar-refractivity contribution in [3.05, 3.63) is 95.8 Å². The van der Waals surface area contributed by atoms with Crippen molar-refractivity contribution in [3.63, 3.8) is 0 Å². The Morgan fingerprint density at radius 1 is 1.03 bits per heavy atom. The average Bonchev–Trinajstić information content (AvgIpc) is 3.27. The highest BCUT2D eigenvalue weighted by Crippen LogP contribution is 2.57. The van der Waals surface area contributed by atoms with E-state index in [0.29, 0.717) is 11.4 Å². The average molecular weight is 469 g/mol. The molecular formula is C26H26F2N2O4. The maximum Gasteiger partial charge on any atom is 0.263 e. The lowest BCUT2D eigenvalue weighted by molar-refractivity contribution is -0.142. The number of hydrogen-bond acceptors (Lipinski definition) is 5. The fourth-order valence-corrected chi connectivity index (χ4v) is 4.70. The number of rotatable bonds is 3. The molecule has 8 heteroatoms. The number of aliphatic hydroxyl groups is 2. The third-order valence-electron chi connectivity index (χ3n) is 6.30. The van der Waals surface area contributed by atoms with Gasteiger partial charge in [-0.3, -0.25) is 9.78 Å². The minimum absolute atomic E-state index is 0.0810. The van der Waals surface area contributed by atoms with Gasteiger partial charge in [-0.25, -0.2) is 8.78 Å². The molecule has 2 heterocycles. The lowest BCUT2D eigenvalue weighted by Crippen LogP contribution is -2.45. The van der Waals surface area contributed by atoms with Crippen LogP contribution in [0.2, 0.25) is 0 Å². The SMILES string of the molecule is CN(C)C(=O)C1C(c2ccccc2)C2Oc3cccnc3C2(O)C1O.FC(F)c1ccccc1. The molecule has 1 aliphatic carbocycles. The van der Waals surface area contributed by atoms with Crippen molar-refractivity contribution >= 4 is 5.91 Å². The molecule has 5 atom stereocenters. The number of fused-ring (bicyclic) bond motifs is 3. The van der Waals surface area contributed by atoms with Crippen LogP contribution in [-0.2, 0) is 10.4 Å². The number of carbonyl (C=O) groups excluding carboxylic acids is 1. The number of nitrogens with zero attached hydrogens (tertiary/aromatic N) is 2. The number of aromatic nitrogens is 1. The zero-order valence-corrected chi connectivity index (χ0v) is 18.8. The molecule has 3 aromatic rings. The molecule has 0 saturated heterocycles. The number of carbonyl (C=O) groups is 1. The number of benzene rings is 2. The van der Waals surface area contributed by atoms with Crippen LogP contribution in [0.25, 0.3) is 0 Å². The van der Waals surface area contributed by atoms with Gasteiger partial charge in [0.25, 0.3) is 6.43 Å². The first-order valence-corrected chi connectivity index (χ1v) is 10.9. The van der Waals surface area contributed by atoms with Gasteiger partial charge in [0.05, 0.1) is 5.92 Å². The molecule has 2 aromatic carbocycles. The molecule has 1 aromatic heterocycles. The first kappa shape index (κ1) is 23.8. The predicted molar refractivity (Wildman–Crippen MR) is 121 cm³/mol. The normalized spacial score (nSPS) is 26.7. The van der Waals surface area contributed by atoms with Gasteiger partial charge in [-0.1, -0.05) is 60.7 Å². The molecular weight excluding hydrogens is 442 g/mol. The largest absolute Gasteiger partial charge is 0.484 e. The smallest absolute Gasteiger partial charge is 0.263 e. The molecule has 34 heavy (non-hydrogen) atoms. The van der Waals surface area contributed by atoms with Crippen LogP contribution < -0.4 is 4.74 Å². The number of halogens is 2. The van der Waals surface area contributed by atoms with Crippen molar-refractivity contribution in [3.8, 4) is 5.75 Å². The summed E-state index contributed by atoms with van der Waals surface area (Å²) in [4.78, 5) is 18.5. The molecule has 1 aliphatic heterocycles. The van der Waals surface area contributed by atoms with Crippen molar-refractivity contribution in [1.82, 2.24) is 9.88 Å². The van der Waals surface area contributed by atoms with E-state index in [2.05, 4.69) is 4.98 Å². The Labute approximate surface area is 196 Å². The van der Waals surface area contributed by atoms with E-state index in [1.54, 1.807) is 50.6 Å². The van der Waals surface area contributed by atoms with E-state index in [4.69, 9.17) is 4.74 Å². The maximum absolute atomic E-state index is 12.8. The molecule has 2 N–H and O–H groups in total. The van der Waals surface area contributed by atoms with Crippen LogP contribution in [0.15, 0.2) is 79.0 Å². The topological polar surface area (TPSA) is 82.9 Å². The van der Waals surface area contributed by atoms with Crippen molar-refractivity contribution in [2.24, 2.45) is 5.92 Å². The van der Waals surface area contributed by atoms with Crippen LogP contribution in [0, 0.1) is 5.92 Å². The summed E-state index contributed by atoms with van der Waals surface area (Å²) in [7, 11) is 3.28. The van der Waals surface area contributed by atoms with Crippen molar-refractivity contribution in [2.75, 3.05) is 14.1 Å². The quantitative estimate of drug-likeness (QED) is 0.615. The first-order valence-electron chi connectivity index (χ1n) is 10.9. The summed E-state index contributed by atoms with van der Waals surface area (Å²) in [6.07, 6.45) is -2.88. The summed E-state index contributed by atoms with van der Waals surface area (Å²) in [6, 6.07) is 20.6. The molecule has 0 spiro atoms. The molecule has 1 fully saturated rings. The molecule has 6 nitrogen and oxygen atoms in total. The minimum Gasteiger partial charge on any atom is -0.484 e. The van der Waals surface area contributed by atoms with E-state index < -0.39 is 36.1 Å². The van der Waals surface area contributed by atoms with Crippen LogP contribution in [0.3, 0.4) is 0 Å². The van der Waals surface area contributed by atoms with E-state index in [-0.39, 0.29) is 11.5 Å². The third kappa shape index (κ3) is 4.03. The second kappa shape index (κ2) is 9.48. The molecule has 1 saturated carbocycles. The van der Waals surface area contributed by atoms with Crippen molar-refractivity contribution in [1.29, 1.82) is 0 Å². The molecule has 178 valence electrons. The van der Waals surface area contributed by atoms with Crippen LogP contribution in [-0.4, -0.2) is 52.3 Å². The highest BCUT2D eigenvalue weighted by molar-refractivity contribution is 5.81. The Balaban J connectivity index is 0.000000257. The van der Waals surface area contributed by atoms with Crippen molar-refractivity contribution < 1.29 is 28.5 Å². The summed E-state index contributed by atoms with van der Waals surface area (Å²) in [5.74, 6) is -1.09. The molecule has 0 bridgehead atoms. The van der Waals surface area contributed by atoms with Crippen LogP contribution in [0.5, 0.6) is 5.75 Å². The molecule has 1 amide bonds. The van der Waals surface area contributed by atoms with Gasteiger partial charge in [0.2, 0.25) is 5.91 Å². The second-order valence-electron chi connectivity index (χ2n) is 8.57. The van der Waals surface area contributed by atoms with E-state index in [1.165, 1.54) is 17.0 Å². The summed E-state index contributed by atoms with van der Waals surface area (Å²) in [5.41, 5.74) is -0.497. The summed E-state index contributed by atoms with van der Waals surface area (Å²) in [6.45, 7) is 0. The first-order chi connectivity index (χ1) is 16.3. The Morgan fingerprint density at radius 3 is 2.21 bits per heavy atom. The zero-order valence-electron chi connectivity index (χ0n) is 18.8. The number of hydrogen-bond donors (Lipinski definition) is 2. The number of ether oxygens (including phenoxy) is 1. The Bertz CT molecular complexity index is 1130. The van der Waals surface area contributed by atoms with Crippen molar-refractivity contribution in [2.45, 2.75) is 30.2 Å². The number of alkyl halides is 2. The van der Waals surface area contributed by atoms with Crippen LogP contribution >= 0.6 is 0 Å². The zero-order chi connectivity index (χ0) is 24.5. The Morgan fingerprint density at radius 2 is 1.65 bits per heavy atom. The fourth-order valence-electron chi connectivity index (χ4n) is 4.70.